The predicted octanol–water partition coefficient (Wildman–Crippen LogP) is -2.96. The third-order valence-corrected chi connectivity index (χ3v) is 11.1. The molecular weight excluding hydrogens is 752 g/mol. The van der Waals surface area contributed by atoms with Crippen LogP contribution in [-0.4, -0.2) is 120 Å². The first kappa shape index (κ1) is 38.6. The summed E-state index contributed by atoms with van der Waals surface area (Å²) < 4.78 is 46.7. The smallest absolute Gasteiger partial charge is 0.388 e. The van der Waals surface area contributed by atoms with E-state index in [0.717, 1.165) is 17.5 Å². The first-order valence-corrected chi connectivity index (χ1v) is 18.5. The third-order valence-electron chi connectivity index (χ3n) is 8.46. The van der Waals surface area contributed by atoms with Crippen LogP contribution in [-0.2, 0) is 33.8 Å². The van der Waals surface area contributed by atoms with Crippen molar-refractivity contribution in [3.8, 4) is 0 Å². The van der Waals surface area contributed by atoms with Gasteiger partial charge in [-0.25, -0.2) is 38.4 Å². The van der Waals surface area contributed by atoms with Gasteiger partial charge in [-0.05, 0) is 37.1 Å². The molecule has 0 saturated carbocycles. The van der Waals surface area contributed by atoms with E-state index in [0.29, 0.717) is 11.0 Å². The number of nitrogen functional groups attached to an aromatic ring is 1. The van der Waals surface area contributed by atoms with Crippen LogP contribution in [0.5, 0.6) is 0 Å². The number of phosphoric acid groups is 2. The highest BCUT2D eigenvalue weighted by atomic mass is 31.3. The van der Waals surface area contributed by atoms with Gasteiger partial charge in [0.05, 0.1) is 19.5 Å². The van der Waals surface area contributed by atoms with Gasteiger partial charge >= 0.3 is 27.0 Å². The van der Waals surface area contributed by atoms with Crippen molar-refractivity contribution >= 4 is 54.8 Å². The van der Waals surface area contributed by atoms with Crippen molar-refractivity contribution in [2.75, 3.05) is 18.9 Å². The van der Waals surface area contributed by atoms with Gasteiger partial charge in [0.2, 0.25) is 5.52 Å². The highest BCUT2D eigenvalue weighted by Gasteiger charge is 2.46. The summed E-state index contributed by atoms with van der Waals surface area (Å²) in [5.74, 6) is 0.0305. The zero-order valence-electron chi connectivity index (χ0n) is 27.5. The molecule has 24 nitrogen and oxygen atoms in total. The first-order chi connectivity index (χ1) is 24.9. The van der Waals surface area contributed by atoms with Crippen LogP contribution in [0.2, 0.25) is 0 Å². The Bertz CT molecular complexity index is 2410. The number of anilines is 1. The number of nitrogens with zero attached hydrogens (tertiary/aromatic N) is 6. The van der Waals surface area contributed by atoms with Crippen LogP contribution in [0.25, 0.3) is 33.4 Å². The Kier molecular flexibility index (Phi) is 10.6. The van der Waals surface area contributed by atoms with Crippen molar-refractivity contribution in [3.63, 3.8) is 0 Å². The minimum atomic E-state index is -5.54. The van der Waals surface area contributed by atoms with Crippen LogP contribution in [0.1, 0.15) is 17.4 Å². The van der Waals surface area contributed by atoms with E-state index in [1.54, 1.807) is 26.0 Å². The molecule has 286 valence electrons. The molecule has 0 amide bonds. The molecule has 26 heteroatoms. The summed E-state index contributed by atoms with van der Waals surface area (Å²) in [7, 11) is -11.0. The lowest BCUT2D eigenvalue weighted by atomic mass is 10.1. The van der Waals surface area contributed by atoms with E-state index < -0.39 is 89.5 Å². The molecule has 1 aliphatic rings. The van der Waals surface area contributed by atoms with Gasteiger partial charge in [-0.2, -0.15) is 9.29 Å². The summed E-state index contributed by atoms with van der Waals surface area (Å²) in [5, 5.41) is 53.1. The largest absolute Gasteiger partial charge is 0.481 e. The van der Waals surface area contributed by atoms with Crippen molar-refractivity contribution < 1.29 is 67.1 Å². The number of nitrogens with one attached hydrogen (secondary N) is 2. The highest BCUT2D eigenvalue weighted by Crippen LogP contribution is 2.60. The van der Waals surface area contributed by atoms with E-state index >= 15 is 0 Å². The number of H-pyrrole nitrogens is 2. The monoisotopic (exact) mass is 786 g/mol. The average molecular weight is 787 g/mol. The normalized spacial score (nSPS) is 23.3. The zero-order chi connectivity index (χ0) is 38.6. The van der Waals surface area contributed by atoms with Gasteiger partial charge in [0, 0.05) is 0 Å². The Morgan fingerprint density at radius 2 is 1.68 bits per heavy atom. The van der Waals surface area contributed by atoms with Gasteiger partial charge in [0.15, 0.2) is 23.2 Å². The van der Waals surface area contributed by atoms with Crippen LogP contribution in [0.4, 0.5) is 5.82 Å². The van der Waals surface area contributed by atoms with Gasteiger partial charge in [-0.1, -0.05) is 0 Å². The maximum Gasteiger partial charge on any atom is 0.481 e. The Labute approximate surface area is 295 Å². The second kappa shape index (κ2) is 14.6. The molecule has 9 atom stereocenters. The molecule has 0 radical (unpaired) electrons. The highest BCUT2D eigenvalue weighted by molar-refractivity contribution is 7.61. The molecule has 1 saturated heterocycles. The van der Waals surface area contributed by atoms with Crippen LogP contribution in [0.3, 0.4) is 0 Å². The molecular formula is C27H34N9O15P2+. The quantitative estimate of drug-likeness (QED) is 0.0324. The van der Waals surface area contributed by atoms with E-state index in [4.69, 9.17) is 15.0 Å². The number of hydrogen-bond donors (Lipinski definition) is 10. The van der Waals surface area contributed by atoms with Crippen molar-refractivity contribution in [3.05, 3.63) is 56.8 Å². The number of aliphatic hydroxyl groups is 5. The SMILES string of the molecule is Cc1cc2nc3c(=O)[nH]c(=O)[nH]c3[n+](C[C@H](O)[C@H](O)C(O)COP(=O)(O)OP(=O)(O)OC[C@H]3O[C@@H](n4cnc5c(N)ncnc54)[C@H](O)[C@@H]3O)c2cc1C. The molecule has 53 heavy (non-hydrogen) atoms. The molecule has 0 spiro atoms. The zero-order valence-corrected chi connectivity index (χ0v) is 29.3. The number of nitrogens with two attached hydrogens (primary N) is 1. The number of rotatable bonds is 13. The van der Waals surface area contributed by atoms with Crippen LogP contribution < -0.4 is 21.5 Å². The van der Waals surface area contributed by atoms with Gasteiger partial charge in [0.1, 0.15) is 60.5 Å². The number of phosphoric ester groups is 2. The van der Waals surface area contributed by atoms with Crippen molar-refractivity contribution in [2.24, 2.45) is 0 Å². The number of ether oxygens (including phenoxy) is 1. The van der Waals surface area contributed by atoms with Crippen molar-refractivity contribution in [2.45, 2.75) is 63.2 Å². The van der Waals surface area contributed by atoms with Crippen LogP contribution in [0, 0.1) is 13.8 Å². The number of aliphatic hydroxyl groups excluding tert-OH is 5. The summed E-state index contributed by atoms with van der Waals surface area (Å²) >= 11 is 0. The lowest BCUT2D eigenvalue weighted by Gasteiger charge is -2.24. The van der Waals surface area contributed by atoms with E-state index in [9.17, 15) is 54.0 Å². The molecule has 1 aliphatic heterocycles. The number of aromatic amines is 2. The Hall–Kier alpha value is -4.13. The Balaban J connectivity index is 1.07. The van der Waals surface area contributed by atoms with Gasteiger partial charge in [-0.3, -0.25) is 23.4 Å². The number of aryl methyl sites for hydroxylation is 2. The summed E-state index contributed by atoms with van der Waals surface area (Å²) in [4.78, 5) is 65.4. The third kappa shape index (κ3) is 7.91. The molecule has 6 rings (SSSR count). The summed E-state index contributed by atoms with van der Waals surface area (Å²) in [5.41, 5.74) is 6.28. The molecule has 0 aliphatic carbocycles. The lowest BCUT2D eigenvalue weighted by Crippen LogP contribution is -2.51. The van der Waals surface area contributed by atoms with Crippen molar-refractivity contribution in [1.82, 2.24) is 34.5 Å². The molecule has 3 unspecified atom stereocenters. The van der Waals surface area contributed by atoms with Crippen LogP contribution in [0.15, 0.2) is 34.4 Å². The maximum atomic E-state index is 12.5. The summed E-state index contributed by atoms with van der Waals surface area (Å²) in [6.07, 6.45) is -9.88. The van der Waals surface area contributed by atoms with Gasteiger partial charge in [0.25, 0.3) is 5.56 Å². The van der Waals surface area contributed by atoms with Crippen molar-refractivity contribution in [1.29, 1.82) is 0 Å². The number of hydrogen-bond acceptors (Lipinski definition) is 18. The minimum absolute atomic E-state index is 0.0305. The number of fused-ring (bicyclic) bond motifs is 3. The Morgan fingerprint density at radius 3 is 2.42 bits per heavy atom. The second-order valence-corrected chi connectivity index (χ2v) is 15.2. The number of benzene rings is 1. The summed E-state index contributed by atoms with van der Waals surface area (Å²) in [6, 6.07) is 3.33. The average Bonchev–Trinajstić information content (AvgIpc) is 3.63. The maximum absolute atomic E-state index is 12.5. The lowest BCUT2D eigenvalue weighted by molar-refractivity contribution is -0.657. The van der Waals surface area contributed by atoms with Gasteiger partial charge in [-0.15, -0.1) is 0 Å². The fourth-order valence-electron chi connectivity index (χ4n) is 5.61. The minimum Gasteiger partial charge on any atom is -0.388 e. The molecule has 4 aromatic heterocycles. The van der Waals surface area contributed by atoms with E-state index in [2.05, 4.69) is 38.7 Å². The summed E-state index contributed by atoms with van der Waals surface area (Å²) in [6.45, 7) is 0.855. The van der Waals surface area contributed by atoms with E-state index in [1.807, 2.05) is 0 Å². The number of imidazole rings is 1. The second-order valence-electron chi connectivity index (χ2n) is 12.1. The fraction of sp³-hybridized carbons (Fsp3) is 0.444. The topological polar surface area (TPSA) is 365 Å². The predicted molar refractivity (Wildman–Crippen MR) is 176 cm³/mol. The van der Waals surface area contributed by atoms with Gasteiger partial charge < -0.3 is 45.8 Å². The molecule has 11 N–H and O–H groups in total. The molecule has 5 aromatic rings. The molecule has 0 bridgehead atoms. The number of aromatic nitrogens is 8. The fourth-order valence-corrected chi connectivity index (χ4v) is 7.70. The molecule has 5 heterocycles. The molecule has 1 aromatic carbocycles. The van der Waals surface area contributed by atoms with E-state index in [1.165, 1.54) is 15.5 Å². The molecule has 1 fully saturated rings. The first-order valence-electron chi connectivity index (χ1n) is 15.5. The van der Waals surface area contributed by atoms with E-state index in [-0.39, 0.29) is 28.1 Å². The standard InChI is InChI=1S/C27H33N9O15P2/c1-10-3-12-13(4-11(10)2)35(24-18(32-12)25(42)34-27(43)33-24)5-14(37)19(39)15(38)6-48-52(44,45)51-53(46,47)49-7-16-20(40)21(41)26(50-16)36-9-31-17-22(28)29-8-30-23(17)36/h3-4,8-9,14-16,19-21,26,37-41H,5-7H2,1-2H3,(H5,28,29,30,34,42,43,44,45,46,47)/p+1/t14-,15?,16+,19-,20+,21+,26+/m0/s1. The van der Waals surface area contributed by atoms with Crippen LogP contribution >= 0.6 is 15.6 Å². The Morgan fingerprint density at radius 1 is 0.981 bits per heavy atom.